The van der Waals surface area contributed by atoms with Crippen molar-refractivity contribution in [3.05, 3.63) is 29.7 Å². The Balaban J connectivity index is 1.69. The fourth-order valence-electron chi connectivity index (χ4n) is 2.84. The van der Waals surface area contributed by atoms with Gasteiger partial charge < -0.3 is 4.74 Å². The van der Waals surface area contributed by atoms with Crippen LogP contribution in [0.5, 0.6) is 0 Å². The van der Waals surface area contributed by atoms with Gasteiger partial charge in [0.1, 0.15) is 12.4 Å². The number of halogens is 3. The molecule has 2 aromatic heterocycles. The summed E-state index contributed by atoms with van der Waals surface area (Å²) < 4.78 is 47.4. The van der Waals surface area contributed by atoms with Gasteiger partial charge in [0.05, 0.1) is 18.0 Å². The predicted molar refractivity (Wildman–Crippen MR) is 81.9 cm³/mol. The van der Waals surface area contributed by atoms with Gasteiger partial charge in [-0.25, -0.2) is 4.68 Å². The summed E-state index contributed by atoms with van der Waals surface area (Å²) in [5.74, 6) is -0.246. The van der Waals surface area contributed by atoms with E-state index in [-0.39, 0.29) is 32.0 Å². The monoisotopic (exact) mass is 357 g/mol. The summed E-state index contributed by atoms with van der Waals surface area (Å²) in [6.07, 6.45) is -3.02. The first-order valence-electron chi connectivity index (χ1n) is 7.75. The standard InChI is InChI=1S/C15H18F3N5O2/c1-10-7-13-22(6-4-12(15(16,17)18)23(13)20-10)14(24)9-25-8-11-3-5-19-21(11)2/h3,5,7,12H,4,6,8-9H2,1-2H3. The van der Waals surface area contributed by atoms with Crippen molar-refractivity contribution in [1.29, 1.82) is 0 Å². The largest absolute Gasteiger partial charge is 0.410 e. The summed E-state index contributed by atoms with van der Waals surface area (Å²) in [5.41, 5.74) is 1.23. The topological polar surface area (TPSA) is 65.2 Å². The number of anilines is 1. The van der Waals surface area contributed by atoms with E-state index >= 15 is 0 Å². The van der Waals surface area contributed by atoms with Crippen LogP contribution in [-0.2, 0) is 23.2 Å². The van der Waals surface area contributed by atoms with E-state index in [1.54, 1.807) is 30.9 Å². The summed E-state index contributed by atoms with van der Waals surface area (Å²) in [7, 11) is 1.75. The minimum absolute atomic E-state index is 0.0246. The third-order valence-corrected chi connectivity index (χ3v) is 4.11. The smallest absolute Gasteiger partial charge is 0.365 e. The average molecular weight is 357 g/mol. The zero-order valence-electron chi connectivity index (χ0n) is 13.8. The molecule has 0 radical (unpaired) electrons. The molecule has 136 valence electrons. The van der Waals surface area contributed by atoms with Crippen LogP contribution in [-0.4, -0.2) is 44.8 Å². The first-order valence-corrected chi connectivity index (χ1v) is 7.75. The molecular weight excluding hydrogens is 339 g/mol. The molecule has 7 nitrogen and oxygen atoms in total. The summed E-state index contributed by atoms with van der Waals surface area (Å²) in [6, 6.07) is 1.53. The number of carbonyl (C=O) groups is 1. The van der Waals surface area contributed by atoms with Crippen molar-refractivity contribution in [2.75, 3.05) is 18.1 Å². The van der Waals surface area contributed by atoms with Crippen LogP contribution >= 0.6 is 0 Å². The molecule has 3 heterocycles. The molecule has 10 heteroatoms. The van der Waals surface area contributed by atoms with Gasteiger partial charge in [-0.05, 0) is 19.4 Å². The molecular formula is C15H18F3N5O2. The molecule has 0 N–H and O–H groups in total. The Hall–Kier alpha value is -2.36. The Morgan fingerprint density at radius 3 is 2.84 bits per heavy atom. The second-order valence-corrected chi connectivity index (χ2v) is 5.92. The van der Waals surface area contributed by atoms with Gasteiger partial charge in [-0.1, -0.05) is 0 Å². The van der Waals surface area contributed by atoms with Crippen molar-refractivity contribution in [3.63, 3.8) is 0 Å². The molecule has 0 aromatic carbocycles. The van der Waals surface area contributed by atoms with Crippen LogP contribution in [0, 0.1) is 6.92 Å². The lowest BCUT2D eigenvalue weighted by atomic mass is 10.1. The molecule has 0 bridgehead atoms. The van der Waals surface area contributed by atoms with Gasteiger partial charge in [-0.2, -0.15) is 23.4 Å². The van der Waals surface area contributed by atoms with E-state index in [1.165, 1.54) is 11.0 Å². The quantitative estimate of drug-likeness (QED) is 0.839. The van der Waals surface area contributed by atoms with Gasteiger partial charge in [-0.3, -0.25) is 14.4 Å². The second-order valence-electron chi connectivity index (χ2n) is 5.92. The van der Waals surface area contributed by atoms with E-state index < -0.39 is 18.1 Å². The van der Waals surface area contributed by atoms with Crippen LogP contribution in [0.2, 0.25) is 0 Å². The maximum atomic E-state index is 13.2. The zero-order chi connectivity index (χ0) is 18.2. The third-order valence-electron chi connectivity index (χ3n) is 4.11. The average Bonchev–Trinajstić information content (AvgIpc) is 3.10. The molecule has 25 heavy (non-hydrogen) atoms. The normalized spacial score (nSPS) is 17.6. The number of rotatable bonds is 4. The van der Waals surface area contributed by atoms with Crippen LogP contribution < -0.4 is 4.90 Å². The first kappa shape index (κ1) is 17.5. The number of carbonyl (C=O) groups excluding carboxylic acids is 1. The van der Waals surface area contributed by atoms with Crippen molar-refractivity contribution in [2.24, 2.45) is 7.05 Å². The van der Waals surface area contributed by atoms with E-state index in [1.807, 2.05) is 0 Å². The van der Waals surface area contributed by atoms with E-state index in [4.69, 9.17) is 4.74 Å². The van der Waals surface area contributed by atoms with Gasteiger partial charge in [0.15, 0.2) is 6.04 Å². The molecule has 0 fully saturated rings. The predicted octanol–water partition coefficient (Wildman–Crippen LogP) is 1.98. The minimum Gasteiger partial charge on any atom is -0.365 e. The molecule has 0 spiro atoms. The number of hydrogen-bond donors (Lipinski definition) is 0. The lowest BCUT2D eigenvalue weighted by Crippen LogP contribution is -2.44. The maximum Gasteiger partial charge on any atom is 0.410 e. The highest BCUT2D eigenvalue weighted by atomic mass is 19.4. The van der Waals surface area contributed by atoms with E-state index in [9.17, 15) is 18.0 Å². The van der Waals surface area contributed by atoms with Crippen molar-refractivity contribution < 1.29 is 22.7 Å². The molecule has 1 amide bonds. The molecule has 3 rings (SSSR count). The second kappa shape index (κ2) is 6.51. The SMILES string of the molecule is Cc1cc2n(n1)C(C(F)(F)F)CCN2C(=O)COCc1ccnn1C. The van der Waals surface area contributed by atoms with Crippen LogP contribution in [0.1, 0.15) is 23.9 Å². The molecule has 1 aliphatic rings. The number of amides is 1. The fraction of sp³-hybridized carbons (Fsp3) is 0.533. The highest BCUT2D eigenvalue weighted by molar-refractivity contribution is 5.93. The summed E-state index contributed by atoms with van der Waals surface area (Å²) in [4.78, 5) is 13.7. The summed E-state index contributed by atoms with van der Waals surface area (Å²) in [5, 5.41) is 7.91. The van der Waals surface area contributed by atoms with E-state index in [0.717, 1.165) is 10.4 Å². The molecule has 1 aliphatic heterocycles. The molecule has 1 unspecified atom stereocenters. The highest BCUT2D eigenvalue weighted by Crippen LogP contribution is 2.39. The van der Waals surface area contributed by atoms with Crippen molar-refractivity contribution in [1.82, 2.24) is 19.6 Å². The Morgan fingerprint density at radius 2 is 2.20 bits per heavy atom. The molecule has 2 aromatic rings. The van der Waals surface area contributed by atoms with Crippen LogP contribution in [0.3, 0.4) is 0 Å². The van der Waals surface area contributed by atoms with Gasteiger partial charge >= 0.3 is 6.18 Å². The van der Waals surface area contributed by atoms with Crippen LogP contribution in [0.25, 0.3) is 0 Å². The molecule has 1 atom stereocenters. The zero-order valence-corrected chi connectivity index (χ0v) is 13.8. The summed E-state index contributed by atoms with van der Waals surface area (Å²) >= 11 is 0. The first-order chi connectivity index (χ1) is 11.8. The molecule has 0 saturated heterocycles. The van der Waals surface area contributed by atoms with Gasteiger partial charge in [-0.15, -0.1) is 0 Å². The van der Waals surface area contributed by atoms with Gasteiger partial charge in [0.2, 0.25) is 0 Å². The van der Waals surface area contributed by atoms with Crippen molar-refractivity contribution in [2.45, 2.75) is 32.2 Å². The Morgan fingerprint density at radius 1 is 1.44 bits per heavy atom. The van der Waals surface area contributed by atoms with Crippen LogP contribution in [0.4, 0.5) is 19.0 Å². The number of hydrogen-bond acceptors (Lipinski definition) is 4. The third kappa shape index (κ3) is 3.53. The number of nitrogens with zero attached hydrogens (tertiary/aromatic N) is 5. The lowest BCUT2D eigenvalue weighted by Gasteiger charge is -2.33. The van der Waals surface area contributed by atoms with E-state index in [2.05, 4.69) is 10.2 Å². The van der Waals surface area contributed by atoms with Gasteiger partial charge in [0, 0.05) is 25.9 Å². The number of ether oxygens (including phenoxy) is 1. The number of aromatic nitrogens is 4. The Labute approximate surface area is 142 Å². The number of alkyl halides is 3. The number of fused-ring (bicyclic) bond motifs is 1. The molecule has 0 saturated carbocycles. The number of aryl methyl sites for hydroxylation is 2. The Bertz CT molecular complexity index is 768. The lowest BCUT2D eigenvalue weighted by molar-refractivity contribution is -0.173. The van der Waals surface area contributed by atoms with Crippen LogP contribution in [0.15, 0.2) is 18.3 Å². The minimum atomic E-state index is -4.40. The Kier molecular flexibility index (Phi) is 4.55. The maximum absolute atomic E-state index is 13.2. The molecule has 0 aliphatic carbocycles. The summed E-state index contributed by atoms with van der Waals surface area (Å²) in [6.45, 7) is 1.54. The van der Waals surface area contributed by atoms with E-state index in [0.29, 0.717) is 5.69 Å². The fourth-order valence-corrected chi connectivity index (χ4v) is 2.84. The highest BCUT2D eigenvalue weighted by Gasteiger charge is 2.46. The van der Waals surface area contributed by atoms with Crippen molar-refractivity contribution in [3.8, 4) is 0 Å². The van der Waals surface area contributed by atoms with Crippen molar-refractivity contribution >= 4 is 11.7 Å². The van der Waals surface area contributed by atoms with Gasteiger partial charge in [0.25, 0.3) is 5.91 Å².